The number of hydrogen-bond acceptors (Lipinski definition) is 4. The Morgan fingerprint density at radius 3 is 2.71 bits per heavy atom. The molecule has 1 aromatic carbocycles. The van der Waals surface area contributed by atoms with Gasteiger partial charge in [0.25, 0.3) is 0 Å². The highest BCUT2D eigenvalue weighted by atomic mass is 32.2. The SMILES string of the molecule is CCC(C)Sc1ccc(NC(=O)CC(CN)OC)c(C)c1. The third-order valence-electron chi connectivity index (χ3n) is 3.39. The zero-order valence-corrected chi connectivity index (χ0v) is 14.1. The van der Waals surface area contributed by atoms with Crippen molar-refractivity contribution in [2.75, 3.05) is 19.0 Å². The Balaban J connectivity index is 2.66. The van der Waals surface area contributed by atoms with Crippen LogP contribution in [0.4, 0.5) is 5.69 Å². The summed E-state index contributed by atoms with van der Waals surface area (Å²) in [6.45, 7) is 6.75. The molecule has 4 nitrogen and oxygen atoms in total. The van der Waals surface area contributed by atoms with E-state index < -0.39 is 0 Å². The quantitative estimate of drug-likeness (QED) is 0.724. The summed E-state index contributed by atoms with van der Waals surface area (Å²) in [5.74, 6) is -0.0715. The topological polar surface area (TPSA) is 64.4 Å². The average molecular weight is 310 g/mol. The smallest absolute Gasteiger partial charge is 0.227 e. The second-order valence-corrected chi connectivity index (χ2v) is 6.67. The molecule has 5 heteroatoms. The zero-order chi connectivity index (χ0) is 15.8. The second kappa shape index (κ2) is 9.07. The number of carbonyl (C=O) groups is 1. The molecule has 0 heterocycles. The van der Waals surface area contributed by atoms with Gasteiger partial charge in [-0.15, -0.1) is 11.8 Å². The largest absolute Gasteiger partial charge is 0.380 e. The zero-order valence-electron chi connectivity index (χ0n) is 13.3. The van der Waals surface area contributed by atoms with Crippen LogP contribution in [0.15, 0.2) is 23.1 Å². The van der Waals surface area contributed by atoms with Crippen LogP contribution in [0, 0.1) is 6.92 Å². The number of methoxy groups -OCH3 is 1. The third kappa shape index (κ3) is 6.08. The van der Waals surface area contributed by atoms with Crippen LogP contribution in [0.3, 0.4) is 0 Å². The average Bonchev–Trinajstić information content (AvgIpc) is 2.47. The van der Waals surface area contributed by atoms with Crippen molar-refractivity contribution in [2.45, 2.75) is 49.9 Å². The number of carbonyl (C=O) groups excluding carboxylic acids is 1. The Morgan fingerprint density at radius 2 is 2.19 bits per heavy atom. The van der Waals surface area contributed by atoms with Crippen LogP contribution in [0.1, 0.15) is 32.3 Å². The molecule has 21 heavy (non-hydrogen) atoms. The van der Waals surface area contributed by atoms with E-state index in [9.17, 15) is 4.79 Å². The summed E-state index contributed by atoms with van der Waals surface area (Å²) in [5, 5.41) is 3.51. The van der Waals surface area contributed by atoms with Crippen molar-refractivity contribution >= 4 is 23.4 Å². The number of amides is 1. The molecule has 2 unspecified atom stereocenters. The first-order chi connectivity index (χ1) is 9.99. The van der Waals surface area contributed by atoms with Gasteiger partial charge in [-0.25, -0.2) is 0 Å². The number of thioether (sulfide) groups is 1. The van der Waals surface area contributed by atoms with Gasteiger partial charge in [-0.05, 0) is 37.1 Å². The van der Waals surface area contributed by atoms with Crippen LogP contribution < -0.4 is 11.1 Å². The Hall–Kier alpha value is -1.04. The van der Waals surface area contributed by atoms with Crippen molar-refractivity contribution < 1.29 is 9.53 Å². The van der Waals surface area contributed by atoms with Crippen LogP contribution in [0.2, 0.25) is 0 Å². The van der Waals surface area contributed by atoms with E-state index in [2.05, 4.69) is 31.3 Å². The molecule has 0 spiro atoms. The molecule has 0 fully saturated rings. The lowest BCUT2D eigenvalue weighted by Crippen LogP contribution is -2.28. The minimum absolute atomic E-state index is 0.0715. The number of hydrogen-bond donors (Lipinski definition) is 2. The molecule has 1 rings (SSSR count). The van der Waals surface area contributed by atoms with Gasteiger partial charge in [0, 0.05) is 29.5 Å². The van der Waals surface area contributed by atoms with Crippen molar-refractivity contribution in [1.29, 1.82) is 0 Å². The highest BCUT2D eigenvalue weighted by Gasteiger charge is 2.12. The molecule has 1 aromatic rings. The maximum absolute atomic E-state index is 12.0. The van der Waals surface area contributed by atoms with Crippen LogP contribution >= 0.6 is 11.8 Å². The number of anilines is 1. The standard InChI is InChI=1S/C16H26N2O2S/c1-5-12(3)21-14-6-7-15(11(2)8-14)18-16(19)9-13(10-17)20-4/h6-8,12-13H,5,9-10,17H2,1-4H3,(H,18,19). The number of nitrogens with one attached hydrogen (secondary N) is 1. The van der Waals surface area contributed by atoms with E-state index in [0.29, 0.717) is 11.8 Å². The minimum Gasteiger partial charge on any atom is -0.380 e. The van der Waals surface area contributed by atoms with Crippen molar-refractivity contribution in [3.8, 4) is 0 Å². The number of ether oxygens (including phenoxy) is 1. The Labute approximate surface area is 131 Å². The first-order valence-corrected chi connectivity index (χ1v) is 8.18. The molecule has 0 bridgehead atoms. The van der Waals surface area contributed by atoms with Gasteiger partial charge < -0.3 is 15.8 Å². The fraction of sp³-hybridized carbons (Fsp3) is 0.562. The van der Waals surface area contributed by atoms with Gasteiger partial charge in [0.05, 0.1) is 12.5 Å². The van der Waals surface area contributed by atoms with E-state index in [1.807, 2.05) is 24.8 Å². The van der Waals surface area contributed by atoms with Crippen molar-refractivity contribution in [3.63, 3.8) is 0 Å². The molecule has 118 valence electrons. The van der Waals surface area contributed by atoms with E-state index in [1.54, 1.807) is 7.11 Å². The maximum Gasteiger partial charge on any atom is 0.227 e. The summed E-state index contributed by atoms with van der Waals surface area (Å²) >= 11 is 1.85. The van der Waals surface area contributed by atoms with E-state index in [1.165, 1.54) is 4.90 Å². The maximum atomic E-state index is 12.0. The van der Waals surface area contributed by atoms with Gasteiger partial charge in [0.2, 0.25) is 5.91 Å². The monoisotopic (exact) mass is 310 g/mol. The first kappa shape index (κ1) is 18.0. The number of aryl methyl sites for hydroxylation is 1. The number of rotatable bonds is 8. The normalized spacial score (nSPS) is 13.8. The molecular weight excluding hydrogens is 284 g/mol. The molecule has 3 N–H and O–H groups in total. The number of nitrogens with two attached hydrogens (primary N) is 1. The molecule has 0 aliphatic heterocycles. The molecule has 1 amide bonds. The second-order valence-electron chi connectivity index (χ2n) is 5.16. The summed E-state index contributed by atoms with van der Waals surface area (Å²) in [6.07, 6.45) is 1.18. The Bertz CT molecular complexity index is 462. The van der Waals surface area contributed by atoms with Crippen LogP contribution in [-0.4, -0.2) is 30.9 Å². The first-order valence-electron chi connectivity index (χ1n) is 7.30. The Kier molecular flexibility index (Phi) is 7.78. The molecule has 0 aromatic heterocycles. The molecule has 0 saturated carbocycles. The summed E-state index contributed by atoms with van der Waals surface area (Å²) in [7, 11) is 1.57. The predicted molar refractivity (Wildman–Crippen MR) is 89.9 cm³/mol. The molecule has 0 aliphatic carbocycles. The van der Waals surface area contributed by atoms with Gasteiger partial charge in [0.1, 0.15) is 0 Å². The molecular formula is C16H26N2O2S. The fourth-order valence-electron chi connectivity index (χ4n) is 1.84. The van der Waals surface area contributed by atoms with Gasteiger partial charge >= 0.3 is 0 Å². The van der Waals surface area contributed by atoms with Gasteiger partial charge in [0.15, 0.2) is 0 Å². The summed E-state index contributed by atoms with van der Waals surface area (Å²) in [5.41, 5.74) is 7.44. The van der Waals surface area contributed by atoms with Crippen molar-refractivity contribution in [3.05, 3.63) is 23.8 Å². The van der Waals surface area contributed by atoms with Gasteiger partial charge in [-0.2, -0.15) is 0 Å². The lowest BCUT2D eigenvalue weighted by Gasteiger charge is -2.15. The Morgan fingerprint density at radius 1 is 1.48 bits per heavy atom. The predicted octanol–water partition coefficient (Wildman–Crippen LogP) is 3.19. The summed E-state index contributed by atoms with van der Waals surface area (Å²) in [4.78, 5) is 13.2. The minimum atomic E-state index is -0.231. The fourth-order valence-corrected chi connectivity index (χ4v) is 2.86. The third-order valence-corrected chi connectivity index (χ3v) is 4.66. The van der Waals surface area contributed by atoms with Gasteiger partial charge in [-0.1, -0.05) is 13.8 Å². The van der Waals surface area contributed by atoms with E-state index in [-0.39, 0.29) is 18.4 Å². The van der Waals surface area contributed by atoms with E-state index in [4.69, 9.17) is 10.5 Å². The van der Waals surface area contributed by atoms with Crippen molar-refractivity contribution in [2.24, 2.45) is 5.73 Å². The lowest BCUT2D eigenvalue weighted by molar-refractivity contribution is -0.118. The van der Waals surface area contributed by atoms with Crippen LogP contribution in [-0.2, 0) is 9.53 Å². The van der Waals surface area contributed by atoms with Crippen LogP contribution in [0.5, 0.6) is 0 Å². The highest BCUT2D eigenvalue weighted by Crippen LogP contribution is 2.28. The number of benzene rings is 1. The molecule has 0 aliphatic rings. The van der Waals surface area contributed by atoms with E-state index >= 15 is 0 Å². The summed E-state index contributed by atoms with van der Waals surface area (Å²) < 4.78 is 5.12. The van der Waals surface area contributed by atoms with E-state index in [0.717, 1.165) is 17.7 Å². The lowest BCUT2D eigenvalue weighted by atomic mass is 10.2. The molecule has 2 atom stereocenters. The molecule has 0 saturated heterocycles. The van der Waals surface area contributed by atoms with Crippen molar-refractivity contribution in [1.82, 2.24) is 0 Å². The summed E-state index contributed by atoms with van der Waals surface area (Å²) in [6, 6.07) is 6.13. The molecule has 0 radical (unpaired) electrons. The van der Waals surface area contributed by atoms with Gasteiger partial charge in [-0.3, -0.25) is 4.79 Å². The highest BCUT2D eigenvalue weighted by molar-refractivity contribution is 7.99. The van der Waals surface area contributed by atoms with Crippen LogP contribution in [0.25, 0.3) is 0 Å².